The van der Waals surface area contributed by atoms with E-state index in [0.717, 1.165) is 6.07 Å². The van der Waals surface area contributed by atoms with Gasteiger partial charge in [-0.15, -0.1) is 0 Å². The van der Waals surface area contributed by atoms with Crippen LogP contribution >= 0.6 is 0 Å². The Balaban J connectivity index is 2.70. The van der Waals surface area contributed by atoms with Crippen molar-refractivity contribution in [1.82, 2.24) is 0 Å². The molecule has 0 spiro atoms. The van der Waals surface area contributed by atoms with Crippen molar-refractivity contribution in [3.05, 3.63) is 47.5 Å². The lowest BCUT2D eigenvalue weighted by Gasteiger charge is -2.04. The quantitative estimate of drug-likeness (QED) is 0.693. The number of rotatable bonds is 1. The van der Waals surface area contributed by atoms with Crippen LogP contribution in [0.25, 0.3) is 10.8 Å². The molecule has 0 aliphatic carbocycles. The second-order valence-corrected chi connectivity index (χ2v) is 3.28. The predicted octanol–water partition coefficient (Wildman–Crippen LogP) is 2.90. The Morgan fingerprint density at radius 1 is 1.19 bits per heavy atom. The summed E-state index contributed by atoms with van der Waals surface area (Å²) in [4.78, 5) is 11.2. The van der Waals surface area contributed by atoms with E-state index in [9.17, 15) is 13.6 Å². The molecule has 0 saturated carbocycles. The molecule has 0 heterocycles. The first-order valence-corrected chi connectivity index (χ1v) is 4.59. The second kappa shape index (κ2) is 3.89. The van der Waals surface area contributed by atoms with E-state index in [1.807, 2.05) is 0 Å². The van der Waals surface area contributed by atoms with Crippen molar-refractivity contribution in [3.8, 4) is 0 Å². The van der Waals surface area contributed by atoms with Crippen molar-refractivity contribution in [1.29, 1.82) is 0 Å². The molecular formula is C12H8F2O2. The lowest BCUT2D eigenvalue weighted by atomic mass is 10.1. The van der Waals surface area contributed by atoms with Gasteiger partial charge in [-0.3, -0.25) is 0 Å². The Bertz CT molecular complexity index is 564. The molecule has 16 heavy (non-hydrogen) atoms. The number of benzene rings is 2. The number of methoxy groups -OCH3 is 1. The van der Waals surface area contributed by atoms with Gasteiger partial charge in [0, 0.05) is 5.39 Å². The molecule has 0 saturated heterocycles. The van der Waals surface area contributed by atoms with Crippen molar-refractivity contribution in [3.63, 3.8) is 0 Å². The Morgan fingerprint density at radius 2 is 1.94 bits per heavy atom. The minimum atomic E-state index is -0.747. The molecule has 2 rings (SSSR count). The molecule has 2 aromatic rings. The van der Waals surface area contributed by atoms with Gasteiger partial charge in [-0.2, -0.15) is 0 Å². The van der Waals surface area contributed by atoms with Gasteiger partial charge in [0.05, 0.1) is 12.7 Å². The first kappa shape index (κ1) is 10.5. The number of fused-ring (bicyclic) bond motifs is 1. The number of esters is 1. The van der Waals surface area contributed by atoms with E-state index in [1.165, 1.54) is 31.4 Å². The summed E-state index contributed by atoms with van der Waals surface area (Å²) >= 11 is 0. The zero-order valence-corrected chi connectivity index (χ0v) is 8.46. The van der Waals surface area contributed by atoms with Crippen LogP contribution in [-0.2, 0) is 4.74 Å². The van der Waals surface area contributed by atoms with Gasteiger partial charge < -0.3 is 4.74 Å². The van der Waals surface area contributed by atoms with Crippen molar-refractivity contribution < 1.29 is 18.3 Å². The average Bonchev–Trinajstić information content (AvgIpc) is 2.28. The first-order valence-electron chi connectivity index (χ1n) is 4.59. The molecule has 2 nitrogen and oxygen atoms in total. The highest BCUT2D eigenvalue weighted by molar-refractivity contribution is 5.96. The van der Waals surface area contributed by atoms with Gasteiger partial charge in [0.25, 0.3) is 0 Å². The molecule has 4 heteroatoms. The maximum absolute atomic E-state index is 13.8. The van der Waals surface area contributed by atoms with E-state index < -0.39 is 17.6 Å². The summed E-state index contributed by atoms with van der Waals surface area (Å²) in [6, 6.07) is 6.41. The molecule has 0 aromatic heterocycles. The largest absolute Gasteiger partial charge is 0.465 e. The summed E-state index contributed by atoms with van der Waals surface area (Å²) in [5.41, 5.74) is -0.151. The zero-order valence-electron chi connectivity index (χ0n) is 8.46. The lowest BCUT2D eigenvalue weighted by Crippen LogP contribution is -2.04. The fourth-order valence-corrected chi connectivity index (χ4v) is 1.53. The SMILES string of the molecule is COC(=O)c1ccc2cc(F)ccc2c1F. The highest BCUT2D eigenvalue weighted by Crippen LogP contribution is 2.22. The molecule has 0 bridgehead atoms. The number of hydrogen-bond acceptors (Lipinski definition) is 2. The monoisotopic (exact) mass is 222 g/mol. The molecule has 0 unspecified atom stereocenters. The van der Waals surface area contributed by atoms with Crippen molar-refractivity contribution >= 4 is 16.7 Å². The van der Waals surface area contributed by atoms with Crippen LogP contribution in [0.3, 0.4) is 0 Å². The molecule has 0 N–H and O–H groups in total. The average molecular weight is 222 g/mol. The van der Waals surface area contributed by atoms with Crippen LogP contribution in [0.1, 0.15) is 10.4 Å². The molecule has 0 aliphatic rings. The molecular weight excluding hydrogens is 214 g/mol. The van der Waals surface area contributed by atoms with E-state index in [1.54, 1.807) is 0 Å². The number of hydrogen-bond donors (Lipinski definition) is 0. The van der Waals surface area contributed by atoms with Crippen LogP contribution < -0.4 is 0 Å². The number of halogens is 2. The maximum Gasteiger partial charge on any atom is 0.340 e. The zero-order chi connectivity index (χ0) is 11.7. The van der Waals surface area contributed by atoms with Crippen LogP contribution in [0.4, 0.5) is 8.78 Å². The molecule has 0 fully saturated rings. The van der Waals surface area contributed by atoms with Gasteiger partial charge in [0.2, 0.25) is 0 Å². The topological polar surface area (TPSA) is 26.3 Å². The minimum absolute atomic E-state index is 0.151. The van der Waals surface area contributed by atoms with Gasteiger partial charge >= 0.3 is 5.97 Å². The van der Waals surface area contributed by atoms with Crippen molar-refractivity contribution in [2.75, 3.05) is 7.11 Å². The maximum atomic E-state index is 13.8. The minimum Gasteiger partial charge on any atom is -0.465 e. The van der Waals surface area contributed by atoms with Crippen LogP contribution in [0.5, 0.6) is 0 Å². The third-order valence-corrected chi connectivity index (χ3v) is 2.32. The molecule has 0 aliphatic heterocycles. The fourth-order valence-electron chi connectivity index (χ4n) is 1.53. The van der Waals surface area contributed by atoms with E-state index in [4.69, 9.17) is 0 Å². The fraction of sp³-hybridized carbons (Fsp3) is 0.0833. The summed E-state index contributed by atoms with van der Waals surface area (Å²) in [6.45, 7) is 0. The molecule has 0 amide bonds. The summed E-state index contributed by atoms with van der Waals surface area (Å²) in [5, 5.41) is 0.606. The van der Waals surface area contributed by atoms with Crippen molar-refractivity contribution in [2.24, 2.45) is 0 Å². The third-order valence-electron chi connectivity index (χ3n) is 2.32. The van der Waals surface area contributed by atoms with Crippen LogP contribution in [0.15, 0.2) is 30.3 Å². The molecule has 0 radical (unpaired) electrons. The standard InChI is InChI=1S/C12H8F2O2/c1-16-12(15)10-4-2-7-6-8(13)3-5-9(7)11(10)14/h2-6H,1H3. The Hall–Kier alpha value is -1.97. The van der Waals surface area contributed by atoms with E-state index >= 15 is 0 Å². The van der Waals surface area contributed by atoms with Crippen LogP contribution in [0.2, 0.25) is 0 Å². The van der Waals surface area contributed by atoms with Gasteiger partial charge in [-0.05, 0) is 29.7 Å². The normalized spacial score (nSPS) is 10.4. The van der Waals surface area contributed by atoms with Crippen molar-refractivity contribution in [2.45, 2.75) is 0 Å². The smallest absolute Gasteiger partial charge is 0.340 e. The van der Waals surface area contributed by atoms with Gasteiger partial charge in [0.1, 0.15) is 11.6 Å². The Labute approximate surface area is 90.4 Å². The van der Waals surface area contributed by atoms with E-state index in [-0.39, 0.29) is 10.9 Å². The molecule has 2 aromatic carbocycles. The van der Waals surface area contributed by atoms with E-state index in [0.29, 0.717) is 5.39 Å². The number of carbonyl (C=O) groups excluding carboxylic acids is 1. The Morgan fingerprint density at radius 3 is 2.62 bits per heavy atom. The number of ether oxygens (including phenoxy) is 1. The summed E-state index contributed by atoms with van der Waals surface area (Å²) < 4.78 is 31.1. The third kappa shape index (κ3) is 1.62. The van der Waals surface area contributed by atoms with Gasteiger partial charge in [-0.25, -0.2) is 13.6 Å². The predicted molar refractivity (Wildman–Crippen MR) is 55.2 cm³/mol. The summed E-state index contributed by atoms with van der Waals surface area (Å²) in [5.74, 6) is -1.88. The number of carbonyl (C=O) groups is 1. The summed E-state index contributed by atoms with van der Waals surface area (Å²) in [7, 11) is 1.18. The highest BCUT2D eigenvalue weighted by Gasteiger charge is 2.14. The second-order valence-electron chi connectivity index (χ2n) is 3.28. The molecule has 82 valence electrons. The van der Waals surface area contributed by atoms with Gasteiger partial charge in [-0.1, -0.05) is 6.07 Å². The van der Waals surface area contributed by atoms with Gasteiger partial charge in [0.15, 0.2) is 0 Å². The highest BCUT2D eigenvalue weighted by atomic mass is 19.1. The lowest BCUT2D eigenvalue weighted by molar-refractivity contribution is 0.0596. The molecule has 0 atom stereocenters. The summed E-state index contributed by atoms with van der Waals surface area (Å²) in [6.07, 6.45) is 0. The van der Waals surface area contributed by atoms with Crippen LogP contribution in [-0.4, -0.2) is 13.1 Å². The van der Waals surface area contributed by atoms with E-state index in [2.05, 4.69) is 4.74 Å². The Kier molecular flexibility index (Phi) is 2.56. The first-order chi connectivity index (χ1) is 7.63. The van der Waals surface area contributed by atoms with Crippen LogP contribution in [0, 0.1) is 11.6 Å².